The van der Waals surface area contributed by atoms with Crippen molar-refractivity contribution in [2.24, 2.45) is 0 Å². The maximum Gasteiger partial charge on any atom is 0.426 e. The summed E-state index contributed by atoms with van der Waals surface area (Å²) >= 11 is 0. The van der Waals surface area contributed by atoms with Crippen LogP contribution in [-0.2, 0) is 12.5 Å². The number of ether oxygens (including phenoxy) is 1. The zero-order chi connectivity index (χ0) is 26.5. The van der Waals surface area contributed by atoms with Gasteiger partial charge < -0.3 is 4.74 Å². The van der Waals surface area contributed by atoms with Crippen molar-refractivity contribution >= 4 is 6.08 Å². The first-order valence-corrected chi connectivity index (χ1v) is 11.1. The van der Waals surface area contributed by atoms with Crippen LogP contribution >= 0.6 is 0 Å². The lowest BCUT2D eigenvalue weighted by molar-refractivity contribution is -0.185. The minimum Gasteiger partial charge on any atom is -0.429 e. The SMILES string of the molecule is CCCCCc1ccc(C(F)(F)Oc2ccc(-c3cc(F)c(C=CC(F)(F)F)c(F)c3)c(F)c2)cc1. The highest BCUT2D eigenvalue weighted by atomic mass is 19.4. The summed E-state index contributed by atoms with van der Waals surface area (Å²) in [5, 5.41) is 0. The molecule has 0 aliphatic carbocycles. The second-order valence-corrected chi connectivity index (χ2v) is 8.14. The lowest BCUT2D eigenvalue weighted by Gasteiger charge is -2.19. The van der Waals surface area contributed by atoms with E-state index in [-0.39, 0.29) is 23.3 Å². The number of unbranched alkanes of at least 4 members (excludes halogenated alkanes) is 2. The number of halogens is 8. The van der Waals surface area contributed by atoms with Crippen molar-refractivity contribution in [2.75, 3.05) is 0 Å². The minimum absolute atomic E-state index is 0.224. The van der Waals surface area contributed by atoms with Crippen LogP contribution in [0.1, 0.15) is 42.9 Å². The Hall–Kier alpha value is -3.36. The Morgan fingerprint density at radius 2 is 1.42 bits per heavy atom. The Labute approximate surface area is 203 Å². The zero-order valence-corrected chi connectivity index (χ0v) is 19.1. The van der Waals surface area contributed by atoms with Gasteiger partial charge in [0, 0.05) is 23.3 Å². The first kappa shape index (κ1) is 27.2. The Morgan fingerprint density at radius 3 is 1.97 bits per heavy atom. The van der Waals surface area contributed by atoms with E-state index in [9.17, 15) is 35.1 Å². The Morgan fingerprint density at radius 1 is 0.778 bits per heavy atom. The van der Waals surface area contributed by atoms with Gasteiger partial charge >= 0.3 is 12.3 Å². The maximum absolute atomic E-state index is 14.6. The van der Waals surface area contributed by atoms with Crippen molar-refractivity contribution in [2.45, 2.75) is 44.9 Å². The highest BCUT2D eigenvalue weighted by Crippen LogP contribution is 2.35. The third-order valence-corrected chi connectivity index (χ3v) is 5.37. The summed E-state index contributed by atoms with van der Waals surface area (Å²) < 4.78 is 114. The molecule has 192 valence electrons. The molecular formula is C27H22F8O. The van der Waals surface area contributed by atoms with Gasteiger partial charge in [0.1, 0.15) is 23.2 Å². The summed E-state index contributed by atoms with van der Waals surface area (Å²) in [5.41, 5.74) is -1.17. The molecule has 3 rings (SSSR count). The van der Waals surface area contributed by atoms with Crippen LogP contribution in [0.5, 0.6) is 5.75 Å². The lowest BCUT2D eigenvalue weighted by Crippen LogP contribution is -2.22. The third kappa shape index (κ3) is 7.08. The largest absolute Gasteiger partial charge is 0.429 e. The molecule has 0 aliphatic heterocycles. The van der Waals surface area contributed by atoms with E-state index in [1.807, 2.05) is 0 Å². The molecule has 3 aromatic carbocycles. The summed E-state index contributed by atoms with van der Waals surface area (Å²) in [6.07, 6.45) is -4.90. The van der Waals surface area contributed by atoms with Gasteiger partial charge in [-0.2, -0.15) is 22.0 Å². The summed E-state index contributed by atoms with van der Waals surface area (Å²) in [5.74, 6) is -4.35. The smallest absolute Gasteiger partial charge is 0.426 e. The Balaban J connectivity index is 1.78. The van der Waals surface area contributed by atoms with Crippen LogP contribution in [-0.4, -0.2) is 6.18 Å². The van der Waals surface area contributed by atoms with E-state index in [4.69, 9.17) is 4.74 Å². The fourth-order valence-electron chi connectivity index (χ4n) is 3.52. The van der Waals surface area contributed by atoms with Gasteiger partial charge in [-0.05, 0) is 66.4 Å². The zero-order valence-electron chi connectivity index (χ0n) is 19.1. The average Bonchev–Trinajstić information content (AvgIpc) is 2.78. The molecule has 0 atom stereocenters. The molecule has 0 amide bonds. The number of hydrogen-bond acceptors (Lipinski definition) is 1. The van der Waals surface area contributed by atoms with Crippen molar-refractivity contribution < 1.29 is 39.9 Å². The maximum atomic E-state index is 14.6. The van der Waals surface area contributed by atoms with E-state index in [1.54, 1.807) is 12.1 Å². The van der Waals surface area contributed by atoms with Crippen molar-refractivity contribution in [3.8, 4) is 16.9 Å². The molecule has 0 aromatic heterocycles. The molecule has 0 unspecified atom stereocenters. The second-order valence-electron chi connectivity index (χ2n) is 8.14. The van der Waals surface area contributed by atoms with E-state index in [1.165, 1.54) is 12.1 Å². The molecule has 0 bridgehead atoms. The second kappa shape index (κ2) is 11.1. The highest BCUT2D eigenvalue weighted by molar-refractivity contribution is 5.68. The van der Waals surface area contributed by atoms with Crippen LogP contribution in [0, 0.1) is 17.5 Å². The Kier molecular flexibility index (Phi) is 8.43. The highest BCUT2D eigenvalue weighted by Gasteiger charge is 2.34. The number of rotatable bonds is 9. The van der Waals surface area contributed by atoms with Crippen LogP contribution in [0.25, 0.3) is 17.2 Å². The molecule has 3 aromatic rings. The van der Waals surface area contributed by atoms with Crippen LogP contribution in [0.15, 0.2) is 60.7 Å². The van der Waals surface area contributed by atoms with E-state index >= 15 is 0 Å². The van der Waals surface area contributed by atoms with Crippen molar-refractivity contribution in [1.29, 1.82) is 0 Å². The van der Waals surface area contributed by atoms with Gasteiger partial charge in [0.05, 0.1) is 5.56 Å². The van der Waals surface area contributed by atoms with Gasteiger partial charge in [-0.25, -0.2) is 13.2 Å². The quantitative estimate of drug-likeness (QED) is 0.204. The predicted octanol–water partition coefficient (Wildman–Crippen LogP) is 9.21. The molecule has 0 fully saturated rings. The molecule has 0 saturated heterocycles. The molecule has 0 saturated carbocycles. The van der Waals surface area contributed by atoms with E-state index < -0.39 is 46.6 Å². The van der Waals surface area contributed by atoms with E-state index in [2.05, 4.69) is 6.92 Å². The Bertz CT molecular complexity index is 1190. The van der Waals surface area contributed by atoms with Gasteiger partial charge in [0.25, 0.3) is 0 Å². The lowest BCUT2D eigenvalue weighted by atomic mass is 10.0. The van der Waals surface area contributed by atoms with E-state index in [0.717, 1.165) is 43.4 Å². The van der Waals surface area contributed by atoms with Gasteiger partial charge in [-0.15, -0.1) is 0 Å². The summed E-state index contributed by atoms with van der Waals surface area (Å²) in [6.45, 7) is 2.06. The average molecular weight is 514 g/mol. The van der Waals surface area contributed by atoms with Gasteiger partial charge in [0.2, 0.25) is 0 Å². The molecule has 1 nitrogen and oxygen atoms in total. The predicted molar refractivity (Wildman–Crippen MR) is 121 cm³/mol. The summed E-state index contributed by atoms with van der Waals surface area (Å²) in [6, 6.07) is 9.51. The normalized spacial score (nSPS) is 12.4. The molecule has 0 spiro atoms. The van der Waals surface area contributed by atoms with Crippen LogP contribution in [0.2, 0.25) is 0 Å². The van der Waals surface area contributed by atoms with Crippen molar-refractivity contribution in [3.05, 3.63) is 94.8 Å². The molecule has 9 heteroatoms. The third-order valence-electron chi connectivity index (χ3n) is 5.37. The number of hydrogen-bond donors (Lipinski definition) is 0. The molecule has 36 heavy (non-hydrogen) atoms. The summed E-state index contributed by atoms with van der Waals surface area (Å²) in [4.78, 5) is 0. The van der Waals surface area contributed by atoms with Crippen molar-refractivity contribution in [3.63, 3.8) is 0 Å². The van der Waals surface area contributed by atoms with Crippen LogP contribution in [0.3, 0.4) is 0 Å². The molecule has 0 aliphatic rings. The van der Waals surface area contributed by atoms with E-state index in [0.29, 0.717) is 18.2 Å². The topological polar surface area (TPSA) is 9.23 Å². The molecule has 0 radical (unpaired) electrons. The minimum atomic E-state index is -4.78. The van der Waals surface area contributed by atoms with Crippen LogP contribution < -0.4 is 4.74 Å². The standard InChI is InChI=1S/C27H22F8O/c1-2-3-4-5-17-6-8-19(9-7-17)27(34,35)36-20-10-11-21(25(30)16-20)18-14-23(28)22(24(29)15-18)12-13-26(31,32)33/h6-16H,2-5H2,1H3. The van der Waals surface area contributed by atoms with Crippen molar-refractivity contribution in [1.82, 2.24) is 0 Å². The first-order valence-electron chi connectivity index (χ1n) is 11.1. The van der Waals surface area contributed by atoms with Gasteiger partial charge in [0.15, 0.2) is 0 Å². The number of aryl methyl sites for hydroxylation is 1. The summed E-state index contributed by atoms with van der Waals surface area (Å²) in [7, 11) is 0. The molecule has 0 heterocycles. The molecule has 0 N–H and O–H groups in total. The number of benzene rings is 3. The molecular weight excluding hydrogens is 492 g/mol. The van der Waals surface area contributed by atoms with Gasteiger partial charge in [-0.3, -0.25) is 0 Å². The van der Waals surface area contributed by atoms with Crippen LogP contribution in [0.4, 0.5) is 35.1 Å². The fraction of sp³-hybridized carbons (Fsp3) is 0.259. The van der Waals surface area contributed by atoms with Gasteiger partial charge in [-0.1, -0.05) is 31.9 Å². The first-order chi connectivity index (χ1) is 16.9. The monoisotopic (exact) mass is 514 g/mol. The fourth-order valence-corrected chi connectivity index (χ4v) is 3.52. The number of allylic oxidation sites excluding steroid dienone is 1. The number of alkyl halides is 5.